The van der Waals surface area contributed by atoms with Gasteiger partial charge in [-0.3, -0.25) is 19.5 Å². The molecule has 4 rings (SSSR count). The Bertz CT molecular complexity index is 1140. The number of thioether (sulfide) groups is 1. The SMILES string of the molecule is C=CCn1c(SCC(=O)Nc2cccc([N+](=O)[O-])c2)nnc1-c1csc2c1CCCC2. The normalized spacial score (nSPS) is 12.9. The molecule has 1 N–H and O–H groups in total. The Kier molecular flexibility index (Phi) is 6.47. The number of nitro benzene ring substituents is 1. The number of hydrogen-bond acceptors (Lipinski definition) is 7. The third-order valence-corrected chi connectivity index (χ3v) is 7.06. The summed E-state index contributed by atoms with van der Waals surface area (Å²) in [7, 11) is 0. The van der Waals surface area contributed by atoms with Gasteiger partial charge in [0.05, 0.1) is 10.7 Å². The number of amides is 1. The van der Waals surface area contributed by atoms with Gasteiger partial charge in [0.15, 0.2) is 11.0 Å². The molecule has 1 amide bonds. The number of allylic oxidation sites excluding steroid dienone is 1. The summed E-state index contributed by atoms with van der Waals surface area (Å²) in [5, 5.41) is 25.1. The molecule has 0 fully saturated rings. The quantitative estimate of drug-likeness (QED) is 0.228. The van der Waals surface area contributed by atoms with Crippen molar-refractivity contribution in [1.29, 1.82) is 0 Å². The highest BCUT2D eigenvalue weighted by molar-refractivity contribution is 7.99. The van der Waals surface area contributed by atoms with Crippen LogP contribution in [0.3, 0.4) is 0 Å². The molecular weight excluding hydrogens is 434 g/mol. The van der Waals surface area contributed by atoms with Crippen LogP contribution in [0.5, 0.6) is 0 Å². The summed E-state index contributed by atoms with van der Waals surface area (Å²) >= 11 is 3.06. The molecule has 1 aliphatic rings. The number of nitrogens with zero attached hydrogens (tertiary/aromatic N) is 4. The Morgan fingerprint density at radius 3 is 3.00 bits per heavy atom. The Morgan fingerprint density at radius 2 is 2.19 bits per heavy atom. The fourth-order valence-electron chi connectivity index (χ4n) is 3.59. The van der Waals surface area contributed by atoms with Crippen LogP contribution >= 0.6 is 23.1 Å². The molecule has 0 bridgehead atoms. The van der Waals surface area contributed by atoms with Crippen LogP contribution in [0.1, 0.15) is 23.3 Å². The van der Waals surface area contributed by atoms with Crippen LogP contribution in [0.2, 0.25) is 0 Å². The summed E-state index contributed by atoms with van der Waals surface area (Å²) in [4.78, 5) is 24.2. The predicted octanol–water partition coefficient (Wildman–Crippen LogP) is 4.71. The van der Waals surface area contributed by atoms with Crippen LogP contribution < -0.4 is 5.32 Å². The molecule has 1 aliphatic carbocycles. The minimum atomic E-state index is -0.493. The zero-order valence-electron chi connectivity index (χ0n) is 16.7. The van der Waals surface area contributed by atoms with E-state index in [0.29, 0.717) is 17.4 Å². The Morgan fingerprint density at radius 1 is 1.35 bits per heavy atom. The number of carbonyl (C=O) groups excluding carboxylic acids is 1. The molecule has 8 nitrogen and oxygen atoms in total. The van der Waals surface area contributed by atoms with Crippen molar-refractivity contribution < 1.29 is 9.72 Å². The number of benzene rings is 1. The van der Waals surface area contributed by atoms with Crippen LogP contribution in [-0.4, -0.2) is 31.3 Å². The van der Waals surface area contributed by atoms with Gasteiger partial charge >= 0.3 is 0 Å². The molecule has 31 heavy (non-hydrogen) atoms. The molecule has 0 saturated heterocycles. The molecule has 10 heteroatoms. The second kappa shape index (κ2) is 9.44. The summed E-state index contributed by atoms with van der Waals surface area (Å²) in [5.41, 5.74) is 2.81. The van der Waals surface area contributed by atoms with Gasteiger partial charge in [0.25, 0.3) is 5.69 Å². The smallest absolute Gasteiger partial charge is 0.271 e. The van der Waals surface area contributed by atoms with Crippen molar-refractivity contribution in [1.82, 2.24) is 14.8 Å². The zero-order chi connectivity index (χ0) is 21.8. The average Bonchev–Trinajstić information content (AvgIpc) is 3.36. The minimum Gasteiger partial charge on any atom is -0.325 e. The maximum Gasteiger partial charge on any atom is 0.271 e. The number of non-ortho nitro benzene ring substituents is 1. The number of rotatable bonds is 8. The molecule has 160 valence electrons. The molecule has 2 heterocycles. The number of thiophene rings is 1. The number of anilines is 1. The van der Waals surface area contributed by atoms with Crippen LogP contribution in [0.25, 0.3) is 11.4 Å². The number of aryl methyl sites for hydroxylation is 1. The van der Waals surface area contributed by atoms with E-state index in [1.807, 2.05) is 4.57 Å². The monoisotopic (exact) mass is 455 g/mol. The summed E-state index contributed by atoms with van der Waals surface area (Å²) < 4.78 is 1.98. The Hall–Kier alpha value is -2.98. The Balaban J connectivity index is 1.48. The van der Waals surface area contributed by atoms with Gasteiger partial charge in [-0.05, 0) is 37.3 Å². The molecular formula is C21H21N5O3S2. The lowest BCUT2D eigenvalue weighted by Crippen LogP contribution is -2.14. The summed E-state index contributed by atoms with van der Waals surface area (Å²) in [6.45, 7) is 4.39. The fourth-order valence-corrected chi connectivity index (χ4v) is 5.47. The molecule has 0 radical (unpaired) electrons. The maximum absolute atomic E-state index is 12.4. The fraction of sp³-hybridized carbons (Fsp3) is 0.286. The Labute approximate surface area is 187 Å². The van der Waals surface area contributed by atoms with E-state index in [0.717, 1.165) is 24.2 Å². The lowest BCUT2D eigenvalue weighted by atomic mass is 9.95. The first-order chi connectivity index (χ1) is 15.1. The van der Waals surface area contributed by atoms with Crippen molar-refractivity contribution in [3.05, 3.63) is 62.9 Å². The number of nitrogens with one attached hydrogen (secondary N) is 1. The first-order valence-electron chi connectivity index (χ1n) is 9.87. The van der Waals surface area contributed by atoms with Crippen LogP contribution in [0, 0.1) is 10.1 Å². The second-order valence-electron chi connectivity index (χ2n) is 7.11. The largest absolute Gasteiger partial charge is 0.325 e. The summed E-state index contributed by atoms with van der Waals surface area (Å²) in [6.07, 6.45) is 6.38. The molecule has 0 unspecified atom stereocenters. The van der Waals surface area contributed by atoms with Gasteiger partial charge in [-0.25, -0.2) is 0 Å². The van der Waals surface area contributed by atoms with Crippen molar-refractivity contribution in [2.45, 2.75) is 37.4 Å². The highest BCUT2D eigenvalue weighted by Gasteiger charge is 2.22. The van der Waals surface area contributed by atoms with Crippen molar-refractivity contribution in [2.24, 2.45) is 0 Å². The second-order valence-corrected chi connectivity index (χ2v) is 9.01. The van der Waals surface area contributed by atoms with Crippen LogP contribution in [0.4, 0.5) is 11.4 Å². The molecule has 1 aromatic carbocycles. The van der Waals surface area contributed by atoms with E-state index in [1.165, 1.54) is 53.2 Å². The zero-order valence-corrected chi connectivity index (χ0v) is 18.4. The minimum absolute atomic E-state index is 0.0695. The average molecular weight is 456 g/mol. The highest BCUT2D eigenvalue weighted by atomic mass is 32.2. The molecule has 2 aromatic heterocycles. The van der Waals surface area contributed by atoms with Gasteiger partial charge in [-0.15, -0.1) is 28.1 Å². The van der Waals surface area contributed by atoms with E-state index in [9.17, 15) is 14.9 Å². The van der Waals surface area contributed by atoms with E-state index in [1.54, 1.807) is 23.5 Å². The lowest BCUT2D eigenvalue weighted by Gasteiger charge is -2.13. The highest BCUT2D eigenvalue weighted by Crippen LogP contribution is 2.36. The van der Waals surface area contributed by atoms with Crippen molar-refractivity contribution in [3.8, 4) is 11.4 Å². The van der Waals surface area contributed by atoms with Gasteiger partial charge in [0, 0.05) is 40.2 Å². The molecule has 0 atom stereocenters. The van der Waals surface area contributed by atoms with Crippen molar-refractivity contribution in [2.75, 3.05) is 11.1 Å². The number of nitro groups is 1. The third kappa shape index (κ3) is 4.70. The van der Waals surface area contributed by atoms with E-state index < -0.39 is 4.92 Å². The van der Waals surface area contributed by atoms with Crippen molar-refractivity contribution in [3.63, 3.8) is 0 Å². The van der Waals surface area contributed by atoms with E-state index in [-0.39, 0.29) is 17.3 Å². The van der Waals surface area contributed by atoms with Gasteiger partial charge in [0.2, 0.25) is 5.91 Å². The summed E-state index contributed by atoms with van der Waals surface area (Å²) in [5.74, 6) is 0.647. The molecule has 0 aliphatic heterocycles. The summed E-state index contributed by atoms with van der Waals surface area (Å²) in [6, 6.07) is 5.87. The molecule has 3 aromatic rings. The number of fused-ring (bicyclic) bond motifs is 1. The first kappa shape index (κ1) is 21.3. The number of aromatic nitrogens is 3. The molecule has 0 saturated carbocycles. The third-order valence-electron chi connectivity index (χ3n) is 5.00. The number of hydrogen-bond donors (Lipinski definition) is 1. The van der Waals surface area contributed by atoms with Gasteiger partial charge in [0.1, 0.15) is 0 Å². The van der Waals surface area contributed by atoms with Crippen LogP contribution in [-0.2, 0) is 24.2 Å². The molecule has 0 spiro atoms. The van der Waals surface area contributed by atoms with Crippen LogP contribution in [0.15, 0.2) is 47.5 Å². The van der Waals surface area contributed by atoms with E-state index >= 15 is 0 Å². The maximum atomic E-state index is 12.4. The van der Waals surface area contributed by atoms with Gasteiger partial charge in [-0.1, -0.05) is 23.9 Å². The van der Waals surface area contributed by atoms with E-state index in [4.69, 9.17) is 0 Å². The predicted molar refractivity (Wildman–Crippen MR) is 123 cm³/mol. The first-order valence-corrected chi connectivity index (χ1v) is 11.7. The van der Waals surface area contributed by atoms with Crippen molar-refractivity contribution >= 4 is 40.4 Å². The van der Waals surface area contributed by atoms with E-state index in [2.05, 4.69) is 27.5 Å². The number of carbonyl (C=O) groups is 1. The standard InChI is InChI=1S/C21H21N5O3S2/c1-2-10-25-20(17-12-30-18-9-4-3-8-16(17)18)23-24-21(25)31-13-19(27)22-14-6-5-7-15(11-14)26(28)29/h2,5-7,11-12H,1,3-4,8-10,13H2,(H,22,27). The topological polar surface area (TPSA) is 103 Å². The van der Waals surface area contributed by atoms with Gasteiger partial charge in [-0.2, -0.15) is 0 Å². The van der Waals surface area contributed by atoms with Gasteiger partial charge < -0.3 is 5.32 Å². The lowest BCUT2D eigenvalue weighted by molar-refractivity contribution is -0.384.